The number of carbonyl (C=O) groups excluding carboxylic acids is 2. The summed E-state index contributed by atoms with van der Waals surface area (Å²) in [6.07, 6.45) is 0. The molecular formula is C18H19N3O4. The van der Waals surface area contributed by atoms with E-state index in [2.05, 4.69) is 10.6 Å². The number of carbonyl (C=O) groups is 2. The molecule has 0 unspecified atom stereocenters. The minimum absolute atomic E-state index is 0.125. The minimum Gasteiger partial charge on any atom is -0.341 e. The molecule has 0 bridgehead atoms. The summed E-state index contributed by atoms with van der Waals surface area (Å²) in [5, 5.41) is 16.0. The molecule has 25 heavy (non-hydrogen) atoms. The topological polar surface area (TPSA) is 101 Å². The van der Waals surface area contributed by atoms with E-state index >= 15 is 0 Å². The monoisotopic (exact) mass is 341 g/mol. The number of rotatable bonds is 5. The molecule has 0 fully saturated rings. The number of hydrogen-bond acceptors (Lipinski definition) is 4. The van der Waals surface area contributed by atoms with Gasteiger partial charge in [0.05, 0.1) is 4.92 Å². The molecule has 7 nitrogen and oxygen atoms in total. The van der Waals surface area contributed by atoms with Crippen LogP contribution in [0.3, 0.4) is 0 Å². The quantitative estimate of drug-likeness (QED) is 0.645. The van der Waals surface area contributed by atoms with Crippen molar-refractivity contribution in [3.63, 3.8) is 0 Å². The number of nitrogens with one attached hydrogen (secondary N) is 2. The highest BCUT2D eigenvalue weighted by Gasteiger charge is 2.18. The maximum Gasteiger partial charge on any atom is 0.270 e. The summed E-state index contributed by atoms with van der Waals surface area (Å²) >= 11 is 0. The second-order valence-corrected chi connectivity index (χ2v) is 5.79. The number of hydrogen-bond donors (Lipinski definition) is 2. The molecule has 0 saturated heterocycles. The lowest BCUT2D eigenvalue weighted by atomic mass is 10.1. The smallest absolute Gasteiger partial charge is 0.270 e. The van der Waals surface area contributed by atoms with Crippen molar-refractivity contribution in [2.75, 3.05) is 5.32 Å². The van der Waals surface area contributed by atoms with E-state index in [4.69, 9.17) is 0 Å². The zero-order valence-corrected chi connectivity index (χ0v) is 14.2. The molecule has 0 heterocycles. The van der Waals surface area contributed by atoms with Gasteiger partial charge in [-0.3, -0.25) is 19.7 Å². The van der Waals surface area contributed by atoms with E-state index in [-0.39, 0.29) is 17.2 Å². The van der Waals surface area contributed by atoms with E-state index in [9.17, 15) is 19.7 Å². The molecule has 2 aromatic rings. The maximum absolute atomic E-state index is 12.2. The summed E-state index contributed by atoms with van der Waals surface area (Å²) in [5.74, 6) is -0.923. The van der Waals surface area contributed by atoms with Crippen LogP contribution in [0, 0.1) is 24.0 Å². The number of nitrogens with zero attached hydrogens (tertiary/aromatic N) is 1. The van der Waals surface area contributed by atoms with Crippen molar-refractivity contribution in [1.29, 1.82) is 0 Å². The van der Waals surface area contributed by atoms with Crippen molar-refractivity contribution in [2.45, 2.75) is 26.8 Å². The van der Waals surface area contributed by atoms with Crippen LogP contribution in [-0.2, 0) is 4.79 Å². The third kappa shape index (κ3) is 4.63. The standard InChI is InChI=1S/C18H19N3O4/c1-11-7-8-15(9-12(11)2)20-17(22)13(3)19-18(23)14-5-4-6-16(10-14)21(24)25/h4-10,13H,1-3H3,(H,19,23)(H,20,22)/t13-/m0/s1. The summed E-state index contributed by atoms with van der Waals surface area (Å²) in [6.45, 7) is 5.47. The fourth-order valence-corrected chi connectivity index (χ4v) is 2.18. The fourth-order valence-electron chi connectivity index (χ4n) is 2.18. The highest BCUT2D eigenvalue weighted by molar-refractivity contribution is 6.01. The Morgan fingerprint density at radius 1 is 1.08 bits per heavy atom. The first-order chi connectivity index (χ1) is 11.8. The number of nitro benzene ring substituents is 1. The van der Waals surface area contributed by atoms with Crippen molar-refractivity contribution in [1.82, 2.24) is 5.32 Å². The number of amides is 2. The lowest BCUT2D eigenvalue weighted by Crippen LogP contribution is -2.41. The van der Waals surface area contributed by atoms with Crippen molar-refractivity contribution in [3.05, 3.63) is 69.3 Å². The normalized spacial score (nSPS) is 11.5. The largest absolute Gasteiger partial charge is 0.341 e. The van der Waals surface area contributed by atoms with E-state index in [0.29, 0.717) is 5.69 Å². The second kappa shape index (κ2) is 7.57. The van der Waals surface area contributed by atoms with Gasteiger partial charge in [-0.25, -0.2) is 0 Å². The molecule has 2 rings (SSSR count). The van der Waals surface area contributed by atoms with Gasteiger partial charge >= 0.3 is 0 Å². The molecule has 0 aromatic heterocycles. The van der Waals surface area contributed by atoms with E-state index in [1.165, 1.54) is 24.3 Å². The average molecular weight is 341 g/mol. The van der Waals surface area contributed by atoms with E-state index in [1.807, 2.05) is 26.0 Å². The molecule has 0 aliphatic carbocycles. The Kier molecular flexibility index (Phi) is 5.49. The maximum atomic E-state index is 12.2. The Bertz CT molecular complexity index is 833. The number of benzene rings is 2. The summed E-state index contributed by atoms with van der Waals surface area (Å²) in [7, 11) is 0. The Balaban J connectivity index is 2.02. The van der Waals surface area contributed by atoms with Crippen molar-refractivity contribution >= 4 is 23.2 Å². The highest BCUT2D eigenvalue weighted by atomic mass is 16.6. The minimum atomic E-state index is -0.798. The van der Waals surface area contributed by atoms with Crippen LogP contribution in [0.25, 0.3) is 0 Å². The Morgan fingerprint density at radius 2 is 1.80 bits per heavy atom. The van der Waals surface area contributed by atoms with Crippen LogP contribution in [0.5, 0.6) is 0 Å². The van der Waals surface area contributed by atoms with Gasteiger partial charge in [0.1, 0.15) is 6.04 Å². The SMILES string of the molecule is Cc1ccc(NC(=O)[C@H](C)NC(=O)c2cccc([N+](=O)[O-])c2)cc1C. The molecule has 2 N–H and O–H groups in total. The summed E-state index contributed by atoms with van der Waals surface area (Å²) in [4.78, 5) is 34.6. The van der Waals surface area contributed by atoms with E-state index in [0.717, 1.165) is 11.1 Å². The van der Waals surface area contributed by atoms with Crippen LogP contribution in [0.15, 0.2) is 42.5 Å². The van der Waals surface area contributed by atoms with Gasteiger partial charge in [-0.05, 0) is 50.1 Å². The molecule has 2 amide bonds. The van der Waals surface area contributed by atoms with Gasteiger partial charge in [0.15, 0.2) is 0 Å². The molecular weight excluding hydrogens is 322 g/mol. The van der Waals surface area contributed by atoms with Crippen LogP contribution in [0.2, 0.25) is 0 Å². The van der Waals surface area contributed by atoms with Crippen molar-refractivity contribution in [3.8, 4) is 0 Å². The lowest BCUT2D eigenvalue weighted by Gasteiger charge is -2.15. The van der Waals surface area contributed by atoms with Crippen LogP contribution >= 0.6 is 0 Å². The third-order valence-corrected chi connectivity index (χ3v) is 3.83. The molecule has 0 saturated carbocycles. The van der Waals surface area contributed by atoms with E-state index < -0.39 is 16.9 Å². The molecule has 2 aromatic carbocycles. The first-order valence-corrected chi connectivity index (χ1v) is 7.71. The van der Waals surface area contributed by atoms with E-state index in [1.54, 1.807) is 13.0 Å². The number of non-ortho nitro benzene ring substituents is 1. The first kappa shape index (κ1) is 18.1. The molecule has 7 heteroatoms. The zero-order valence-electron chi connectivity index (χ0n) is 14.2. The number of nitro groups is 1. The number of anilines is 1. The molecule has 130 valence electrons. The van der Waals surface area contributed by atoms with Crippen LogP contribution in [0.4, 0.5) is 11.4 Å². The lowest BCUT2D eigenvalue weighted by molar-refractivity contribution is -0.384. The predicted octanol–water partition coefficient (Wildman–Crippen LogP) is 2.97. The van der Waals surface area contributed by atoms with Crippen LogP contribution in [-0.4, -0.2) is 22.8 Å². The number of aryl methyl sites for hydroxylation is 2. The molecule has 1 atom stereocenters. The Labute approximate surface area is 145 Å². The predicted molar refractivity (Wildman–Crippen MR) is 94.6 cm³/mol. The molecule has 0 spiro atoms. The Hall–Kier alpha value is -3.22. The van der Waals surface area contributed by atoms with Gasteiger partial charge in [-0.15, -0.1) is 0 Å². The zero-order chi connectivity index (χ0) is 18.6. The fraction of sp³-hybridized carbons (Fsp3) is 0.222. The third-order valence-electron chi connectivity index (χ3n) is 3.83. The summed E-state index contributed by atoms with van der Waals surface area (Å²) in [5.41, 5.74) is 2.75. The van der Waals surface area contributed by atoms with Gasteiger partial charge in [-0.1, -0.05) is 12.1 Å². The second-order valence-electron chi connectivity index (χ2n) is 5.79. The van der Waals surface area contributed by atoms with Gasteiger partial charge in [0.2, 0.25) is 5.91 Å². The molecule has 0 aliphatic rings. The van der Waals surface area contributed by atoms with Crippen LogP contribution in [0.1, 0.15) is 28.4 Å². The van der Waals surface area contributed by atoms with Crippen LogP contribution < -0.4 is 10.6 Å². The summed E-state index contributed by atoms with van der Waals surface area (Å²) in [6, 6.07) is 10.1. The average Bonchev–Trinajstić information content (AvgIpc) is 2.58. The van der Waals surface area contributed by atoms with Gasteiger partial charge in [0, 0.05) is 23.4 Å². The Morgan fingerprint density at radius 3 is 2.44 bits per heavy atom. The van der Waals surface area contributed by atoms with Crippen molar-refractivity contribution in [2.24, 2.45) is 0 Å². The molecule has 0 aliphatic heterocycles. The first-order valence-electron chi connectivity index (χ1n) is 7.71. The van der Waals surface area contributed by atoms with Gasteiger partial charge in [0.25, 0.3) is 11.6 Å². The van der Waals surface area contributed by atoms with Crippen molar-refractivity contribution < 1.29 is 14.5 Å². The summed E-state index contributed by atoms with van der Waals surface area (Å²) < 4.78 is 0. The van der Waals surface area contributed by atoms with Gasteiger partial charge in [-0.2, -0.15) is 0 Å². The molecule has 0 radical (unpaired) electrons. The highest BCUT2D eigenvalue weighted by Crippen LogP contribution is 2.15. The van der Waals surface area contributed by atoms with Gasteiger partial charge < -0.3 is 10.6 Å².